The zero-order valence-corrected chi connectivity index (χ0v) is 17.7. The standard InChI is InChI=1S/C20H26N4O5S/c1-14-16(24-5-3-2-4-18(24)21-14)9-23-6-7-29-20(12-23)8-17(28-13-20)19(25)22-15-10-30(26,27)11-15/h2-5,15,17H,6-13H2,1H3,(H,22,25)/t17-,20+/m1/s1. The van der Waals surface area contributed by atoms with Gasteiger partial charge in [0.25, 0.3) is 0 Å². The summed E-state index contributed by atoms with van der Waals surface area (Å²) in [6.07, 6.45) is 1.90. The summed E-state index contributed by atoms with van der Waals surface area (Å²) in [5.41, 5.74) is 2.59. The van der Waals surface area contributed by atoms with Crippen molar-refractivity contribution in [3.63, 3.8) is 0 Å². The maximum Gasteiger partial charge on any atom is 0.249 e. The van der Waals surface area contributed by atoms with Crippen LogP contribution in [0.1, 0.15) is 17.8 Å². The first-order chi connectivity index (χ1) is 14.3. The molecule has 0 unspecified atom stereocenters. The Morgan fingerprint density at radius 1 is 1.37 bits per heavy atom. The molecule has 162 valence electrons. The molecule has 1 spiro atoms. The lowest BCUT2D eigenvalue weighted by molar-refractivity contribution is -0.130. The van der Waals surface area contributed by atoms with Gasteiger partial charge >= 0.3 is 0 Å². The Hall–Kier alpha value is -2.01. The molecule has 3 aliphatic rings. The van der Waals surface area contributed by atoms with Gasteiger partial charge in [-0.3, -0.25) is 9.69 Å². The van der Waals surface area contributed by atoms with Crippen LogP contribution in [-0.4, -0.2) is 84.2 Å². The first-order valence-electron chi connectivity index (χ1n) is 10.2. The van der Waals surface area contributed by atoms with Crippen LogP contribution in [0.3, 0.4) is 0 Å². The average Bonchev–Trinajstić information content (AvgIpc) is 3.22. The molecule has 1 amide bonds. The van der Waals surface area contributed by atoms with Crippen molar-refractivity contribution >= 4 is 21.4 Å². The predicted molar refractivity (Wildman–Crippen MR) is 109 cm³/mol. The molecule has 10 heteroatoms. The summed E-state index contributed by atoms with van der Waals surface area (Å²) in [5.74, 6) is -0.218. The van der Waals surface area contributed by atoms with Crippen LogP contribution in [0.15, 0.2) is 24.4 Å². The van der Waals surface area contributed by atoms with Crippen LogP contribution in [-0.2, 0) is 30.7 Å². The highest BCUT2D eigenvalue weighted by Gasteiger charge is 2.48. The number of imidazole rings is 1. The van der Waals surface area contributed by atoms with Crippen LogP contribution in [0.25, 0.3) is 5.65 Å². The molecular formula is C20H26N4O5S. The molecule has 30 heavy (non-hydrogen) atoms. The molecule has 9 nitrogen and oxygen atoms in total. The van der Waals surface area contributed by atoms with E-state index < -0.39 is 21.5 Å². The first-order valence-corrected chi connectivity index (χ1v) is 12.1. The Labute approximate surface area is 175 Å². The monoisotopic (exact) mass is 434 g/mol. The number of hydrogen-bond donors (Lipinski definition) is 1. The fourth-order valence-corrected chi connectivity index (χ4v) is 5.95. The summed E-state index contributed by atoms with van der Waals surface area (Å²) in [7, 11) is -2.97. The Morgan fingerprint density at radius 2 is 2.20 bits per heavy atom. The van der Waals surface area contributed by atoms with Gasteiger partial charge in [0.1, 0.15) is 17.4 Å². The minimum absolute atomic E-state index is 0.0134. The number of nitrogens with zero attached hydrogens (tertiary/aromatic N) is 3. The average molecular weight is 435 g/mol. The molecule has 0 aromatic carbocycles. The van der Waals surface area contributed by atoms with Gasteiger partial charge in [0, 0.05) is 32.3 Å². The number of hydrogen-bond acceptors (Lipinski definition) is 7. The largest absolute Gasteiger partial charge is 0.370 e. The second-order valence-corrected chi connectivity index (χ2v) is 10.8. The number of pyridine rings is 1. The number of morpholine rings is 1. The van der Waals surface area contributed by atoms with Gasteiger partial charge in [-0.1, -0.05) is 6.07 Å². The highest BCUT2D eigenvalue weighted by Crippen LogP contribution is 2.32. The molecule has 0 radical (unpaired) electrons. The fourth-order valence-electron chi connectivity index (χ4n) is 4.65. The molecule has 2 aromatic rings. The summed E-state index contributed by atoms with van der Waals surface area (Å²) < 4.78 is 36.6. The van der Waals surface area contributed by atoms with E-state index in [0.29, 0.717) is 26.2 Å². The third-order valence-corrected chi connectivity index (χ3v) is 8.00. The Bertz CT molecular complexity index is 1070. The molecule has 5 heterocycles. The lowest BCUT2D eigenvalue weighted by Crippen LogP contribution is -2.55. The van der Waals surface area contributed by atoms with Gasteiger partial charge in [0.05, 0.1) is 42.1 Å². The van der Waals surface area contributed by atoms with Crippen LogP contribution in [0, 0.1) is 6.92 Å². The first kappa shape index (κ1) is 19.9. The van der Waals surface area contributed by atoms with Crippen molar-refractivity contribution in [2.75, 3.05) is 37.8 Å². The van der Waals surface area contributed by atoms with Gasteiger partial charge < -0.3 is 19.2 Å². The van der Waals surface area contributed by atoms with Gasteiger partial charge in [0.15, 0.2) is 9.84 Å². The second-order valence-electron chi connectivity index (χ2n) is 8.60. The Balaban J connectivity index is 1.23. The number of sulfone groups is 1. The number of ether oxygens (including phenoxy) is 2. The van der Waals surface area contributed by atoms with E-state index >= 15 is 0 Å². The van der Waals surface area contributed by atoms with Gasteiger partial charge in [-0.15, -0.1) is 0 Å². The zero-order chi connectivity index (χ0) is 20.9. The quantitative estimate of drug-likeness (QED) is 0.718. The van der Waals surface area contributed by atoms with Crippen molar-refractivity contribution in [1.29, 1.82) is 0 Å². The lowest BCUT2D eigenvalue weighted by Gasteiger charge is -2.39. The predicted octanol–water partition coefficient (Wildman–Crippen LogP) is -0.0842. The van der Waals surface area contributed by atoms with Crippen LogP contribution in [0.4, 0.5) is 0 Å². The van der Waals surface area contributed by atoms with Crippen molar-refractivity contribution in [3.8, 4) is 0 Å². The maximum atomic E-state index is 12.5. The van der Waals surface area contributed by atoms with E-state index in [1.165, 1.54) is 0 Å². The van der Waals surface area contributed by atoms with E-state index in [2.05, 4.69) is 19.6 Å². The van der Waals surface area contributed by atoms with Crippen LogP contribution < -0.4 is 5.32 Å². The van der Waals surface area contributed by atoms with Gasteiger partial charge in [-0.25, -0.2) is 13.4 Å². The van der Waals surface area contributed by atoms with Crippen molar-refractivity contribution in [1.82, 2.24) is 19.6 Å². The lowest BCUT2D eigenvalue weighted by atomic mass is 9.97. The van der Waals surface area contributed by atoms with E-state index in [4.69, 9.17) is 9.47 Å². The summed E-state index contributed by atoms with van der Waals surface area (Å²) in [5, 5.41) is 2.79. The molecule has 1 N–H and O–H groups in total. The molecule has 2 aromatic heterocycles. The SMILES string of the molecule is Cc1nc2ccccn2c1CN1CCO[C@]2(CO[C@@H](C(=O)NC3CS(=O)(=O)C3)C2)C1. The number of amides is 1. The highest BCUT2D eigenvalue weighted by atomic mass is 32.2. The highest BCUT2D eigenvalue weighted by molar-refractivity contribution is 7.92. The molecule has 3 aliphatic heterocycles. The van der Waals surface area contributed by atoms with Crippen LogP contribution in [0.5, 0.6) is 0 Å². The number of carbonyl (C=O) groups excluding carboxylic acids is 1. The Kier molecular flexibility index (Phi) is 4.85. The van der Waals surface area contributed by atoms with E-state index in [0.717, 1.165) is 30.1 Å². The molecule has 5 rings (SSSR count). The number of carbonyl (C=O) groups is 1. The summed E-state index contributed by atoms with van der Waals surface area (Å²) in [6.45, 7) is 5.19. The van der Waals surface area contributed by atoms with E-state index in [1.807, 2.05) is 31.3 Å². The molecular weight excluding hydrogens is 408 g/mol. The van der Waals surface area contributed by atoms with E-state index in [9.17, 15) is 13.2 Å². The maximum absolute atomic E-state index is 12.5. The minimum atomic E-state index is -2.97. The van der Waals surface area contributed by atoms with Crippen LogP contribution >= 0.6 is 0 Å². The molecule has 2 atom stereocenters. The molecule has 0 aliphatic carbocycles. The third-order valence-electron chi connectivity index (χ3n) is 6.18. The fraction of sp³-hybridized carbons (Fsp3) is 0.600. The normalized spacial score (nSPS) is 29.3. The summed E-state index contributed by atoms with van der Waals surface area (Å²) >= 11 is 0. The zero-order valence-electron chi connectivity index (χ0n) is 16.9. The molecule has 3 fully saturated rings. The number of nitrogens with one attached hydrogen (secondary N) is 1. The third kappa shape index (κ3) is 3.73. The smallest absolute Gasteiger partial charge is 0.249 e. The number of aromatic nitrogens is 2. The van der Waals surface area contributed by atoms with Crippen molar-refractivity contribution in [2.24, 2.45) is 0 Å². The van der Waals surface area contributed by atoms with Gasteiger partial charge in [0.2, 0.25) is 5.91 Å². The van der Waals surface area contributed by atoms with Crippen molar-refractivity contribution < 1.29 is 22.7 Å². The number of rotatable bonds is 4. The van der Waals surface area contributed by atoms with E-state index in [-0.39, 0.29) is 23.5 Å². The topological polar surface area (TPSA) is 102 Å². The van der Waals surface area contributed by atoms with Crippen molar-refractivity contribution in [2.45, 2.75) is 37.6 Å². The molecule has 0 saturated carbocycles. The summed E-state index contributed by atoms with van der Waals surface area (Å²) in [4.78, 5) is 19.5. The van der Waals surface area contributed by atoms with Gasteiger partial charge in [-0.05, 0) is 19.1 Å². The summed E-state index contributed by atoms with van der Waals surface area (Å²) in [6, 6.07) is 5.68. The van der Waals surface area contributed by atoms with Crippen molar-refractivity contribution in [3.05, 3.63) is 35.8 Å². The molecule has 3 saturated heterocycles. The van der Waals surface area contributed by atoms with Gasteiger partial charge in [-0.2, -0.15) is 0 Å². The minimum Gasteiger partial charge on any atom is -0.370 e. The number of aryl methyl sites for hydroxylation is 1. The second kappa shape index (κ2) is 7.30. The number of fused-ring (bicyclic) bond motifs is 1. The van der Waals surface area contributed by atoms with Crippen LogP contribution in [0.2, 0.25) is 0 Å². The Morgan fingerprint density at radius 3 is 3.00 bits per heavy atom. The van der Waals surface area contributed by atoms with E-state index in [1.54, 1.807) is 0 Å². The molecule has 0 bridgehead atoms.